The molecule has 1 aliphatic rings. The van der Waals surface area contributed by atoms with Crippen molar-refractivity contribution in [3.8, 4) is 0 Å². The molecule has 0 saturated heterocycles. The molecule has 0 aliphatic carbocycles. The summed E-state index contributed by atoms with van der Waals surface area (Å²) in [6, 6.07) is 16.1. The third-order valence-electron chi connectivity index (χ3n) is 6.29. The standard InChI is InChI=1S/C25H26FN5O2/c1-17-14-29(13-12-18-6-4-3-5-7-18)24-27-22-21(30(24)15-17)23(32)31(25(33)28(22)2)16-19-8-10-20(26)11-9-19/h3-11,17H,12-16H2,1-2H3/t17-/m1/s1. The summed E-state index contributed by atoms with van der Waals surface area (Å²) < 4.78 is 17.9. The lowest BCUT2D eigenvalue weighted by Gasteiger charge is -2.33. The van der Waals surface area contributed by atoms with Gasteiger partial charge in [0, 0.05) is 26.7 Å². The highest BCUT2D eigenvalue weighted by Crippen LogP contribution is 2.27. The van der Waals surface area contributed by atoms with E-state index in [1.54, 1.807) is 19.2 Å². The smallest absolute Gasteiger partial charge is 0.332 e. The Hall–Kier alpha value is -3.68. The summed E-state index contributed by atoms with van der Waals surface area (Å²) in [6.45, 7) is 4.51. The van der Waals surface area contributed by atoms with Crippen molar-refractivity contribution in [3.05, 3.63) is 92.4 Å². The zero-order valence-corrected chi connectivity index (χ0v) is 18.7. The second-order valence-electron chi connectivity index (χ2n) is 8.84. The van der Waals surface area contributed by atoms with Gasteiger partial charge in [0.05, 0.1) is 6.54 Å². The molecule has 3 heterocycles. The van der Waals surface area contributed by atoms with Crippen molar-refractivity contribution in [1.29, 1.82) is 0 Å². The lowest BCUT2D eigenvalue weighted by molar-refractivity contribution is 0.437. The first-order valence-electron chi connectivity index (χ1n) is 11.2. The first-order chi connectivity index (χ1) is 15.9. The topological polar surface area (TPSA) is 65.1 Å². The number of benzene rings is 2. The Kier molecular flexibility index (Phi) is 5.36. The molecule has 5 rings (SSSR count). The van der Waals surface area contributed by atoms with Gasteiger partial charge in [-0.25, -0.2) is 9.18 Å². The summed E-state index contributed by atoms with van der Waals surface area (Å²) in [5, 5.41) is 0. The van der Waals surface area contributed by atoms with Crippen LogP contribution in [0.4, 0.5) is 10.3 Å². The molecule has 33 heavy (non-hydrogen) atoms. The molecule has 0 unspecified atom stereocenters. The maximum absolute atomic E-state index is 13.5. The molecule has 0 amide bonds. The molecule has 2 aromatic carbocycles. The summed E-state index contributed by atoms with van der Waals surface area (Å²) in [6.07, 6.45) is 0.866. The highest BCUT2D eigenvalue weighted by molar-refractivity contribution is 5.75. The second-order valence-corrected chi connectivity index (χ2v) is 8.84. The van der Waals surface area contributed by atoms with E-state index in [9.17, 15) is 14.0 Å². The predicted molar refractivity (Wildman–Crippen MR) is 126 cm³/mol. The third kappa shape index (κ3) is 3.86. The number of hydrogen-bond donors (Lipinski definition) is 0. The highest BCUT2D eigenvalue weighted by atomic mass is 19.1. The molecule has 0 radical (unpaired) electrons. The summed E-state index contributed by atoms with van der Waals surface area (Å²) >= 11 is 0. The second kappa shape index (κ2) is 8.35. The van der Waals surface area contributed by atoms with Crippen molar-refractivity contribution >= 4 is 17.1 Å². The largest absolute Gasteiger partial charge is 0.342 e. The lowest BCUT2D eigenvalue weighted by Crippen LogP contribution is -2.41. The normalized spacial score (nSPS) is 15.7. The van der Waals surface area contributed by atoms with Gasteiger partial charge in [0.2, 0.25) is 5.95 Å². The summed E-state index contributed by atoms with van der Waals surface area (Å²) in [4.78, 5) is 33.5. The minimum absolute atomic E-state index is 0.0789. The minimum atomic E-state index is -0.434. The van der Waals surface area contributed by atoms with Crippen LogP contribution in [0, 0.1) is 11.7 Å². The van der Waals surface area contributed by atoms with Gasteiger partial charge in [-0.3, -0.25) is 13.9 Å². The molecule has 4 aromatic rings. The average Bonchev–Trinajstić information content (AvgIpc) is 3.20. The number of anilines is 1. The zero-order valence-electron chi connectivity index (χ0n) is 18.7. The molecular weight excluding hydrogens is 421 g/mol. The molecular formula is C25H26FN5O2. The quantitative estimate of drug-likeness (QED) is 0.472. The van der Waals surface area contributed by atoms with Gasteiger partial charge < -0.3 is 9.47 Å². The van der Waals surface area contributed by atoms with Crippen LogP contribution in [0.1, 0.15) is 18.1 Å². The van der Waals surface area contributed by atoms with Crippen LogP contribution in [0.3, 0.4) is 0 Å². The molecule has 1 atom stereocenters. The van der Waals surface area contributed by atoms with Gasteiger partial charge in [-0.2, -0.15) is 4.98 Å². The molecule has 7 nitrogen and oxygen atoms in total. The molecule has 2 aromatic heterocycles. The number of halogens is 1. The van der Waals surface area contributed by atoms with E-state index < -0.39 is 5.69 Å². The van der Waals surface area contributed by atoms with Gasteiger partial charge >= 0.3 is 5.69 Å². The molecule has 170 valence electrons. The Bertz CT molecular complexity index is 1420. The van der Waals surface area contributed by atoms with Crippen LogP contribution in [0.5, 0.6) is 0 Å². The van der Waals surface area contributed by atoms with Crippen molar-refractivity contribution < 1.29 is 4.39 Å². The Morgan fingerprint density at radius 3 is 2.45 bits per heavy atom. The van der Waals surface area contributed by atoms with Crippen molar-refractivity contribution in [2.45, 2.75) is 26.4 Å². The van der Waals surface area contributed by atoms with Crippen molar-refractivity contribution in [2.24, 2.45) is 13.0 Å². The molecule has 0 bridgehead atoms. The summed E-state index contributed by atoms with van der Waals surface area (Å²) in [5.74, 6) is 0.697. The van der Waals surface area contributed by atoms with Gasteiger partial charge in [-0.05, 0) is 35.6 Å². The number of aromatic nitrogens is 4. The average molecular weight is 448 g/mol. The first kappa shape index (κ1) is 21.2. The van der Waals surface area contributed by atoms with Crippen LogP contribution >= 0.6 is 0 Å². The predicted octanol–water partition coefficient (Wildman–Crippen LogP) is 2.78. The highest BCUT2D eigenvalue weighted by Gasteiger charge is 2.28. The Labute approximate surface area is 190 Å². The monoisotopic (exact) mass is 447 g/mol. The van der Waals surface area contributed by atoms with Crippen LogP contribution in [-0.4, -0.2) is 31.8 Å². The Balaban J connectivity index is 1.58. The maximum atomic E-state index is 13.5. The van der Waals surface area contributed by atoms with Gasteiger partial charge in [0.15, 0.2) is 11.2 Å². The molecule has 0 fully saturated rings. The number of aryl methyl sites for hydroxylation is 1. The van der Waals surface area contributed by atoms with Gasteiger partial charge in [-0.15, -0.1) is 0 Å². The molecule has 0 saturated carbocycles. The van der Waals surface area contributed by atoms with Crippen molar-refractivity contribution in [1.82, 2.24) is 18.7 Å². The van der Waals surface area contributed by atoms with Crippen LogP contribution in [0.25, 0.3) is 11.2 Å². The number of rotatable bonds is 5. The zero-order chi connectivity index (χ0) is 23.1. The fraction of sp³-hybridized carbons (Fsp3) is 0.320. The number of hydrogen-bond acceptors (Lipinski definition) is 4. The van der Waals surface area contributed by atoms with Crippen molar-refractivity contribution in [2.75, 3.05) is 18.0 Å². The SMILES string of the molecule is C[C@@H]1CN(CCc2ccccc2)c2nc3c(c(=O)n(Cc4ccc(F)cc4)c(=O)n3C)n2C1. The van der Waals surface area contributed by atoms with Crippen molar-refractivity contribution in [3.63, 3.8) is 0 Å². The molecule has 0 N–H and O–H groups in total. The van der Waals surface area contributed by atoms with Crippen LogP contribution < -0.4 is 16.1 Å². The number of nitrogens with zero attached hydrogens (tertiary/aromatic N) is 5. The van der Waals surface area contributed by atoms with Crippen LogP contribution in [-0.2, 0) is 26.6 Å². The Morgan fingerprint density at radius 1 is 1.00 bits per heavy atom. The number of fused-ring (bicyclic) bond motifs is 3. The minimum Gasteiger partial charge on any atom is -0.342 e. The van der Waals surface area contributed by atoms with E-state index in [0.29, 0.717) is 29.2 Å². The molecule has 1 aliphatic heterocycles. The van der Waals surface area contributed by atoms with E-state index in [4.69, 9.17) is 4.98 Å². The first-order valence-corrected chi connectivity index (χ1v) is 11.2. The van der Waals surface area contributed by atoms with Gasteiger partial charge in [0.1, 0.15) is 5.82 Å². The van der Waals surface area contributed by atoms with E-state index in [2.05, 4.69) is 24.0 Å². The fourth-order valence-electron chi connectivity index (χ4n) is 4.61. The van der Waals surface area contributed by atoms with Crippen LogP contribution in [0.15, 0.2) is 64.2 Å². The van der Waals surface area contributed by atoms with Gasteiger partial charge in [-0.1, -0.05) is 49.4 Å². The van der Waals surface area contributed by atoms with E-state index in [1.807, 2.05) is 22.8 Å². The van der Waals surface area contributed by atoms with Crippen LogP contribution in [0.2, 0.25) is 0 Å². The molecule has 8 heteroatoms. The fourth-order valence-corrected chi connectivity index (χ4v) is 4.61. The Morgan fingerprint density at radius 2 is 1.73 bits per heavy atom. The van der Waals surface area contributed by atoms with E-state index >= 15 is 0 Å². The van der Waals surface area contributed by atoms with E-state index in [0.717, 1.165) is 25.5 Å². The van der Waals surface area contributed by atoms with E-state index in [-0.39, 0.29) is 17.9 Å². The lowest BCUT2D eigenvalue weighted by atomic mass is 10.1. The molecule has 0 spiro atoms. The van der Waals surface area contributed by atoms with E-state index in [1.165, 1.54) is 26.8 Å². The number of imidazole rings is 1. The third-order valence-corrected chi connectivity index (χ3v) is 6.29. The maximum Gasteiger partial charge on any atom is 0.332 e. The van der Waals surface area contributed by atoms with Gasteiger partial charge in [0.25, 0.3) is 5.56 Å². The summed E-state index contributed by atoms with van der Waals surface area (Å²) in [7, 11) is 1.64. The summed E-state index contributed by atoms with van der Waals surface area (Å²) in [5.41, 5.74) is 1.96.